The van der Waals surface area contributed by atoms with E-state index in [1.807, 2.05) is 24.3 Å². The molecule has 0 amide bonds. The minimum Gasteiger partial charge on any atom is -0.419 e. The van der Waals surface area contributed by atoms with Crippen LogP contribution < -0.4 is 0 Å². The van der Waals surface area contributed by atoms with Gasteiger partial charge in [-0.3, -0.25) is 4.90 Å². The van der Waals surface area contributed by atoms with Gasteiger partial charge in [-0.05, 0) is 19.1 Å². The minimum absolute atomic E-state index is 0.586. The molecule has 1 saturated heterocycles. The molecule has 0 unspecified atom stereocenters. The van der Waals surface area contributed by atoms with E-state index in [1.54, 1.807) is 0 Å². The predicted molar refractivity (Wildman–Crippen MR) is 70.6 cm³/mol. The molecule has 3 rings (SSSR count). The van der Waals surface area contributed by atoms with E-state index < -0.39 is 0 Å². The van der Waals surface area contributed by atoms with Gasteiger partial charge in [-0.25, -0.2) is 0 Å². The van der Waals surface area contributed by atoms with Gasteiger partial charge in [0.2, 0.25) is 11.8 Å². The zero-order valence-electron chi connectivity index (χ0n) is 11.0. The van der Waals surface area contributed by atoms with Crippen LogP contribution in [0.4, 0.5) is 0 Å². The first-order valence-electron chi connectivity index (χ1n) is 6.51. The maximum Gasteiger partial charge on any atom is 0.247 e. The maximum absolute atomic E-state index is 5.71. The second-order valence-corrected chi connectivity index (χ2v) is 4.76. The van der Waals surface area contributed by atoms with Crippen molar-refractivity contribution in [2.75, 3.05) is 26.3 Å². The lowest BCUT2D eigenvalue weighted by Gasteiger charge is -2.24. The SMILES string of the molecule is Cc1ccc(-c2nnc(CN3CCOCC3)o2)cc1. The number of nitrogens with zero attached hydrogens (tertiary/aromatic N) is 3. The smallest absolute Gasteiger partial charge is 0.247 e. The van der Waals surface area contributed by atoms with Crippen LogP contribution in [0.5, 0.6) is 0 Å². The van der Waals surface area contributed by atoms with Crippen LogP contribution in [0, 0.1) is 6.92 Å². The summed E-state index contributed by atoms with van der Waals surface area (Å²) < 4.78 is 11.0. The minimum atomic E-state index is 0.586. The number of rotatable bonds is 3. The lowest BCUT2D eigenvalue weighted by atomic mass is 10.1. The summed E-state index contributed by atoms with van der Waals surface area (Å²) in [7, 11) is 0. The van der Waals surface area contributed by atoms with Gasteiger partial charge in [0.05, 0.1) is 19.8 Å². The molecule has 1 fully saturated rings. The van der Waals surface area contributed by atoms with Gasteiger partial charge in [-0.1, -0.05) is 17.7 Å². The summed E-state index contributed by atoms with van der Waals surface area (Å²) in [5.74, 6) is 1.25. The summed E-state index contributed by atoms with van der Waals surface area (Å²) in [5, 5.41) is 8.22. The molecular weight excluding hydrogens is 242 g/mol. The molecule has 1 aliphatic heterocycles. The Balaban J connectivity index is 1.70. The van der Waals surface area contributed by atoms with Crippen molar-refractivity contribution in [1.29, 1.82) is 0 Å². The Kier molecular flexibility index (Phi) is 3.57. The molecule has 1 aromatic carbocycles. The fourth-order valence-corrected chi connectivity index (χ4v) is 2.08. The first-order chi connectivity index (χ1) is 9.31. The van der Waals surface area contributed by atoms with E-state index in [-0.39, 0.29) is 0 Å². The Labute approximate surface area is 112 Å². The van der Waals surface area contributed by atoms with Gasteiger partial charge in [0.1, 0.15) is 0 Å². The van der Waals surface area contributed by atoms with Gasteiger partial charge in [0.25, 0.3) is 0 Å². The van der Waals surface area contributed by atoms with E-state index in [1.165, 1.54) is 5.56 Å². The van der Waals surface area contributed by atoms with Crippen molar-refractivity contribution in [2.45, 2.75) is 13.5 Å². The number of hydrogen-bond acceptors (Lipinski definition) is 5. The average molecular weight is 259 g/mol. The summed E-state index contributed by atoms with van der Waals surface area (Å²) in [6.07, 6.45) is 0. The Morgan fingerprint density at radius 2 is 1.84 bits per heavy atom. The van der Waals surface area contributed by atoms with Gasteiger partial charge < -0.3 is 9.15 Å². The van der Waals surface area contributed by atoms with E-state index in [0.29, 0.717) is 18.3 Å². The monoisotopic (exact) mass is 259 g/mol. The largest absolute Gasteiger partial charge is 0.419 e. The van der Waals surface area contributed by atoms with Crippen molar-refractivity contribution >= 4 is 0 Å². The predicted octanol–water partition coefficient (Wildman–Crippen LogP) is 1.88. The third kappa shape index (κ3) is 3.00. The molecule has 2 heterocycles. The van der Waals surface area contributed by atoms with E-state index in [9.17, 15) is 0 Å². The van der Waals surface area contributed by atoms with Crippen LogP contribution in [0.1, 0.15) is 11.5 Å². The highest BCUT2D eigenvalue weighted by Gasteiger charge is 2.15. The molecule has 19 heavy (non-hydrogen) atoms. The molecule has 1 aromatic heterocycles. The summed E-state index contributed by atoms with van der Waals surface area (Å²) >= 11 is 0. The topological polar surface area (TPSA) is 51.4 Å². The zero-order valence-corrected chi connectivity index (χ0v) is 11.0. The molecule has 2 aromatic rings. The first-order valence-corrected chi connectivity index (χ1v) is 6.51. The molecular formula is C14H17N3O2. The molecule has 0 bridgehead atoms. The van der Waals surface area contributed by atoms with Crippen LogP contribution >= 0.6 is 0 Å². The number of hydrogen-bond donors (Lipinski definition) is 0. The van der Waals surface area contributed by atoms with Crippen molar-refractivity contribution in [1.82, 2.24) is 15.1 Å². The second kappa shape index (κ2) is 5.50. The number of aryl methyl sites for hydroxylation is 1. The second-order valence-electron chi connectivity index (χ2n) is 4.76. The number of ether oxygens (including phenoxy) is 1. The van der Waals surface area contributed by atoms with E-state index >= 15 is 0 Å². The molecule has 5 heteroatoms. The Hall–Kier alpha value is -1.72. The molecule has 5 nitrogen and oxygen atoms in total. The number of morpholine rings is 1. The fraction of sp³-hybridized carbons (Fsp3) is 0.429. The van der Waals surface area contributed by atoms with Crippen LogP contribution in [-0.4, -0.2) is 41.4 Å². The summed E-state index contributed by atoms with van der Waals surface area (Å²) in [4.78, 5) is 2.26. The Bertz CT molecular complexity index is 530. The zero-order chi connectivity index (χ0) is 13.1. The van der Waals surface area contributed by atoms with E-state index in [4.69, 9.17) is 9.15 Å². The molecule has 0 N–H and O–H groups in total. The van der Waals surface area contributed by atoms with Gasteiger partial charge in [-0.15, -0.1) is 10.2 Å². The van der Waals surface area contributed by atoms with Gasteiger partial charge in [0.15, 0.2) is 0 Å². The lowest BCUT2D eigenvalue weighted by Crippen LogP contribution is -2.35. The van der Waals surface area contributed by atoms with Crippen LogP contribution in [0.15, 0.2) is 28.7 Å². The standard InChI is InChI=1S/C14H17N3O2/c1-11-2-4-12(5-3-11)14-16-15-13(19-14)10-17-6-8-18-9-7-17/h2-5H,6-10H2,1H3. The van der Waals surface area contributed by atoms with Crippen molar-refractivity contribution in [3.05, 3.63) is 35.7 Å². The highest BCUT2D eigenvalue weighted by Crippen LogP contribution is 2.18. The van der Waals surface area contributed by atoms with Gasteiger partial charge in [-0.2, -0.15) is 0 Å². The third-order valence-corrected chi connectivity index (χ3v) is 3.23. The quantitative estimate of drug-likeness (QED) is 0.842. The van der Waals surface area contributed by atoms with Gasteiger partial charge in [0, 0.05) is 18.7 Å². The Morgan fingerprint density at radius 3 is 2.58 bits per heavy atom. The molecule has 0 saturated carbocycles. The van der Waals surface area contributed by atoms with Gasteiger partial charge >= 0.3 is 0 Å². The van der Waals surface area contributed by atoms with Crippen molar-refractivity contribution < 1.29 is 9.15 Å². The number of benzene rings is 1. The van der Waals surface area contributed by atoms with Crippen LogP contribution in [0.2, 0.25) is 0 Å². The summed E-state index contributed by atoms with van der Waals surface area (Å²) in [6, 6.07) is 8.09. The highest BCUT2D eigenvalue weighted by molar-refractivity contribution is 5.52. The fourth-order valence-electron chi connectivity index (χ4n) is 2.08. The Morgan fingerprint density at radius 1 is 1.11 bits per heavy atom. The lowest BCUT2D eigenvalue weighted by molar-refractivity contribution is 0.0306. The van der Waals surface area contributed by atoms with Crippen molar-refractivity contribution in [3.63, 3.8) is 0 Å². The van der Waals surface area contributed by atoms with Crippen molar-refractivity contribution in [3.8, 4) is 11.5 Å². The molecule has 0 spiro atoms. The summed E-state index contributed by atoms with van der Waals surface area (Å²) in [6.45, 7) is 6.14. The van der Waals surface area contributed by atoms with E-state index in [0.717, 1.165) is 31.9 Å². The molecule has 0 atom stereocenters. The van der Waals surface area contributed by atoms with Crippen molar-refractivity contribution in [2.24, 2.45) is 0 Å². The summed E-state index contributed by atoms with van der Waals surface area (Å²) in [5.41, 5.74) is 2.18. The van der Waals surface area contributed by atoms with E-state index in [2.05, 4.69) is 22.0 Å². The molecule has 0 radical (unpaired) electrons. The number of aromatic nitrogens is 2. The third-order valence-electron chi connectivity index (χ3n) is 3.23. The normalized spacial score (nSPS) is 16.7. The highest BCUT2D eigenvalue weighted by atomic mass is 16.5. The van der Waals surface area contributed by atoms with Crippen LogP contribution in [0.25, 0.3) is 11.5 Å². The first kappa shape index (κ1) is 12.3. The molecule has 0 aliphatic carbocycles. The van der Waals surface area contributed by atoms with Crippen LogP contribution in [-0.2, 0) is 11.3 Å². The molecule has 100 valence electrons. The maximum atomic E-state index is 5.71. The van der Waals surface area contributed by atoms with Crippen LogP contribution in [0.3, 0.4) is 0 Å². The average Bonchev–Trinajstić information content (AvgIpc) is 2.89. The molecule has 1 aliphatic rings.